The Morgan fingerprint density at radius 3 is 2.50 bits per heavy atom. The average molecular weight is 239 g/mol. The van der Waals surface area contributed by atoms with Crippen molar-refractivity contribution in [1.29, 1.82) is 0 Å². The van der Waals surface area contributed by atoms with Gasteiger partial charge in [0.2, 0.25) is 5.76 Å². The SMILES string of the molecule is O=C1O[C@H]([C@@H](Br)CO)C(O)=C1O. The lowest BCUT2D eigenvalue weighted by atomic mass is 10.2. The van der Waals surface area contributed by atoms with Crippen LogP contribution in [0.2, 0.25) is 0 Å². The number of esters is 1. The Bertz CT molecular complexity index is 236. The summed E-state index contributed by atoms with van der Waals surface area (Å²) in [5.41, 5.74) is 0. The minimum absolute atomic E-state index is 0.310. The molecule has 0 spiro atoms. The summed E-state index contributed by atoms with van der Waals surface area (Å²) in [6.45, 7) is -0.310. The molecule has 1 heterocycles. The minimum atomic E-state index is -0.998. The zero-order valence-corrected chi connectivity index (χ0v) is 7.48. The molecule has 0 saturated heterocycles. The molecule has 68 valence electrons. The molecule has 5 nitrogen and oxygen atoms in total. The summed E-state index contributed by atoms with van der Waals surface area (Å²) in [5.74, 6) is -2.32. The van der Waals surface area contributed by atoms with Crippen LogP contribution in [0, 0.1) is 0 Å². The van der Waals surface area contributed by atoms with E-state index in [0.717, 1.165) is 0 Å². The monoisotopic (exact) mass is 238 g/mol. The molecule has 1 aliphatic rings. The molecule has 0 fully saturated rings. The molecule has 1 rings (SSSR count). The zero-order valence-electron chi connectivity index (χ0n) is 5.90. The third-order valence-electron chi connectivity index (χ3n) is 1.44. The Morgan fingerprint density at radius 2 is 2.17 bits per heavy atom. The summed E-state index contributed by atoms with van der Waals surface area (Å²) in [6.07, 6.45) is -0.998. The van der Waals surface area contributed by atoms with Crippen LogP contribution in [0.3, 0.4) is 0 Å². The molecule has 0 aromatic heterocycles. The van der Waals surface area contributed by atoms with Gasteiger partial charge in [0.25, 0.3) is 0 Å². The molecule has 3 N–H and O–H groups in total. The van der Waals surface area contributed by atoms with Gasteiger partial charge in [0.1, 0.15) is 0 Å². The Kier molecular flexibility index (Phi) is 2.58. The van der Waals surface area contributed by atoms with Crippen LogP contribution in [-0.4, -0.2) is 38.8 Å². The molecule has 0 aromatic carbocycles. The van der Waals surface area contributed by atoms with Crippen LogP contribution in [0.15, 0.2) is 11.5 Å². The summed E-state index contributed by atoms with van der Waals surface area (Å²) in [5, 5.41) is 26.5. The highest BCUT2D eigenvalue weighted by molar-refractivity contribution is 9.09. The maximum absolute atomic E-state index is 10.6. The molecule has 12 heavy (non-hydrogen) atoms. The van der Waals surface area contributed by atoms with Crippen LogP contribution < -0.4 is 0 Å². The molecule has 0 unspecified atom stereocenters. The highest BCUT2D eigenvalue weighted by Gasteiger charge is 2.38. The predicted molar refractivity (Wildman–Crippen MR) is 42.0 cm³/mol. The van der Waals surface area contributed by atoms with E-state index in [1.165, 1.54) is 0 Å². The summed E-state index contributed by atoms with van der Waals surface area (Å²) in [7, 11) is 0. The number of aliphatic hydroxyl groups is 3. The normalized spacial score (nSPS) is 25.8. The number of hydrogen-bond donors (Lipinski definition) is 3. The lowest BCUT2D eigenvalue weighted by Crippen LogP contribution is -2.26. The number of rotatable bonds is 2. The number of cyclic esters (lactones) is 1. The summed E-state index contributed by atoms with van der Waals surface area (Å²) < 4.78 is 4.52. The van der Waals surface area contributed by atoms with Crippen LogP contribution in [-0.2, 0) is 9.53 Å². The number of aliphatic hydroxyl groups excluding tert-OH is 3. The second-order valence-electron chi connectivity index (χ2n) is 2.26. The van der Waals surface area contributed by atoms with Gasteiger partial charge in [0.15, 0.2) is 11.9 Å². The van der Waals surface area contributed by atoms with Gasteiger partial charge in [-0.3, -0.25) is 0 Å². The van der Waals surface area contributed by atoms with Crippen LogP contribution in [0.1, 0.15) is 0 Å². The number of alkyl halides is 1. The van der Waals surface area contributed by atoms with Crippen molar-refractivity contribution in [2.45, 2.75) is 10.9 Å². The average Bonchev–Trinajstić information content (AvgIpc) is 2.32. The van der Waals surface area contributed by atoms with Crippen LogP contribution in [0.5, 0.6) is 0 Å². The molecule has 0 amide bonds. The Morgan fingerprint density at radius 1 is 1.58 bits per heavy atom. The number of hydrogen-bond acceptors (Lipinski definition) is 5. The van der Waals surface area contributed by atoms with E-state index < -0.39 is 28.4 Å². The molecule has 6 heteroatoms. The van der Waals surface area contributed by atoms with Gasteiger partial charge in [0.05, 0.1) is 11.4 Å². The molecular weight excluding hydrogens is 232 g/mol. The molecule has 0 aromatic rings. The standard InChI is InChI=1S/C6H7BrO5/c7-2(1-8)5-3(9)4(10)6(11)12-5/h2,5,8-10H,1H2/t2-,5+/m0/s1. The topological polar surface area (TPSA) is 87.0 Å². The van der Waals surface area contributed by atoms with Crippen molar-refractivity contribution in [3.05, 3.63) is 11.5 Å². The van der Waals surface area contributed by atoms with Gasteiger partial charge in [-0.05, 0) is 0 Å². The van der Waals surface area contributed by atoms with Crippen molar-refractivity contribution in [2.75, 3.05) is 6.61 Å². The first-order valence-electron chi connectivity index (χ1n) is 3.16. The second kappa shape index (κ2) is 3.32. The summed E-state index contributed by atoms with van der Waals surface area (Å²) in [6, 6.07) is 0. The third kappa shape index (κ3) is 1.39. The molecule has 2 atom stereocenters. The van der Waals surface area contributed by atoms with Crippen LogP contribution >= 0.6 is 15.9 Å². The first kappa shape index (κ1) is 9.34. The van der Waals surface area contributed by atoms with Gasteiger partial charge in [0, 0.05) is 0 Å². The van der Waals surface area contributed by atoms with Gasteiger partial charge < -0.3 is 20.1 Å². The number of carbonyl (C=O) groups is 1. The fraction of sp³-hybridized carbons (Fsp3) is 0.500. The van der Waals surface area contributed by atoms with Gasteiger partial charge in [-0.25, -0.2) is 4.79 Å². The van der Waals surface area contributed by atoms with E-state index in [1.54, 1.807) is 0 Å². The van der Waals surface area contributed by atoms with E-state index in [4.69, 9.17) is 15.3 Å². The fourth-order valence-electron chi connectivity index (χ4n) is 0.807. The molecule has 1 aliphatic heterocycles. The third-order valence-corrected chi connectivity index (χ3v) is 2.21. The maximum Gasteiger partial charge on any atom is 0.377 e. The number of ether oxygens (including phenoxy) is 1. The van der Waals surface area contributed by atoms with E-state index in [0.29, 0.717) is 0 Å². The number of halogens is 1. The zero-order chi connectivity index (χ0) is 9.30. The van der Waals surface area contributed by atoms with E-state index >= 15 is 0 Å². The van der Waals surface area contributed by atoms with E-state index in [1.807, 2.05) is 0 Å². The van der Waals surface area contributed by atoms with E-state index in [-0.39, 0.29) is 6.61 Å². The quantitative estimate of drug-likeness (QED) is 0.466. The first-order valence-corrected chi connectivity index (χ1v) is 4.07. The van der Waals surface area contributed by atoms with E-state index in [9.17, 15) is 4.79 Å². The molecule has 0 bridgehead atoms. The molecule has 0 aliphatic carbocycles. The largest absolute Gasteiger partial charge is 0.505 e. The van der Waals surface area contributed by atoms with Crippen molar-refractivity contribution in [1.82, 2.24) is 0 Å². The summed E-state index contributed by atoms with van der Waals surface area (Å²) in [4.78, 5) is 10.0. The Labute approximate surface area is 76.4 Å². The number of carbonyl (C=O) groups excluding carboxylic acids is 1. The Balaban J connectivity index is 2.80. The maximum atomic E-state index is 10.6. The van der Waals surface area contributed by atoms with Gasteiger partial charge in [-0.2, -0.15) is 0 Å². The van der Waals surface area contributed by atoms with Crippen molar-refractivity contribution in [2.24, 2.45) is 0 Å². The first-order chi connectivity index (χ1) is 5.57. The van der Waals surface area contributed by atoms with Crippen LogP contribution in [0.4, 0.5) is 0 Å². The van der Waals surface area contributed by atoms with E-state index in [2.05, 4.69) is 20.7 Å². The Hall–Kier alpha value is -0.750. The highest BCUT2D eigenvalue weighted by Crippen LogP contribution is 2.24. The highest BCUT2D eigenvalue weighted by atomic mass is 79.9. The van der Waals surface area contributed by atoms with Crippen LogP contribution in [0.25, 0.3) is 0 Å². The lowest BCUT2D eigenvalue weighted by Gasteiger charge is -2.13. The van der Waals surface area contributed by atoms with Crippen molar-refractivity contribution in [3.63, 3.8) is 0 Å². The second-order valence-corrected chi connectivity index (χ2v) is 3.43. The van der Waals surface area contributed by atoms with Crippen molar-refractivity contribution in [3.8, 4) is 0 Å². The van der Waals surface area contributed by atoms with Crippen molar-refractivity contribution >= 4 is 21.9 Å². The lowest BCUT2D eigenvalue weighted by molar-refractivity contribution is -0.142. The predicted octanol–water partition coefficient (Wildman–Crippen LogP) is -0.00480. The molecule has 0 radical (unpaired) electrons. The van der Waals surface area contributed by atoms with Crippen molar-refractivity contribution < 1.29 is 24.9 Å². The molecule has 0 saturated carbocycles. The van der Waals surface area contributed by atoms with Gasteiger partial charge in [-0.15, -0.1) is 0 Å². The van der Waals surface area contributed by atoms with Gasteiger partial charge >= 0.3 is 5.97 Å². The minimum Gasteiger partial charge on any atom is -0.505 e. The smallest absolute Gasteiger partial charge is 0.377 e. The molecular formula is C6H7BrO5. The summed E-state index contributed by atoms with van der Waals surface area (Å²) >= 11 is 2.97. The fourth-order valence-corrected chi connectivity index (χ4v) is 1.17. The van der Waals surface area contributed by atoms with Gasteiger partial charge in [-0.1, -0.05) is 15.9 Å².